The van der Waals surface area contributed by atoms with Crippen LogP contribution in [0.4, 0.5) is 0 Å². The second-order valence-corrected chi connectivity index (χ2v) is 8.04. The molecular weight excluding hydrogens is 470 g/mol. The first-order chi connectivity index (χ1) is 14.5. The van der Waals surface area contributed by atoms with Gasteiger partial charge in [-0.3, -0.25) is 9.59 Å². The van der Waals surface area contributed by atoms with Crippen LogP contribution in [-0.4, -0.2) is 31.8 Å². The van der Waals surface area contributed by atoms with Gasteiger partial charge in [-0.1, -0.05) is 51.8 Å². The minimum atomic E-state index is -0.374. The number of hydrogen-bond acceptors (Lipinski definition) is 4. The molecule has 0 aliphatic carbocycles. The molecule has 0 unspecified atom stereocenters. The third-order valence-electron chi connectivity index (χ3n) is 4.57. The van der Waals surface area contributed by atoms with E-state index in [0.717, 1.165) is 20.3 Å². The van der Waals surface area contributed by atoms with E-state index < -0.39 is 0 Å². The summed E-state index contributed by atoms with van der Waals surface area (Å²) in [4.78, 5) is 25.0. The summed E-state index contributed by atoms with van der Waals surface area (Å²) in [6.45, 7) is 0.298. The number of fused-ring (bicyclic) bond motifs is 1. The van der Waals surface area contributed by atoms with Gasteiger partial charge in [-0.25, -0.2) is 9.20 Å². The Hall–Kier alpha value is -2.97. The van der Waals surface area contributed by atoms with Crippen molar-refractivity contribution in [3.8, 4) is 11.3 Å². The van der Waals surface area contributed by atoms with Crippen molar-refractivity contribution >= 4 is 39.0 Å². The Labute approximate surface area is 185 Å². The minimum absolute atomic E-state index is 0.158. The lowest BCUT2D eigenvalue weighted by Crippen LogP contribution is -2.35. The van der Waals surface area contributed by atoms with Crippen LogP contribution in [-0.2, 0) is 17.8 Å². The number of hydrogen-bond donors (Lipinski definition) is 1. The SMILES string of the molecule is O=C(Cn1ncn2nc(-c3ccc(Br)cc3)cc2c1=O)NCCc1ccc(Cl)cc1. The summed E-state index contributed by atoms with van der Waals surface area (Å²) in [5.41, 5.74) is 2.59. The standard InChI is InChI=1S/C21H17BrClN5O2/c22-16-5-3-15(4-6-16)18-11-19-21(30)27(25-13-28(19)26-18)12-20(29)24-10-9-14-1-7-17(23)8-2-14/h1-8,11,13H,9-10,12H2,(H,24,29). The molecule has 7 nitrogen and oxygen atoms in total. The van der Waals surface area contributed by atoms with Gasteiger partial charge in [-0.2, -0.15) is 10.2 Å². The fraction of sp³-hybridized carbons (Fsp3) is 0.143. The number of nitrogens with zero attached hydrogens (tertiary/aromatic N) is 4. The largest absolute Gasteiger partial charge is 0.354 e. The topological polar surface area (TPSA) is 81.3 Å². The van der Waals surface area contributed by atoms with Crippen LogP contribution < -0.4 is 10.9 Å². The first kappa shape index (κ1) is 20.3. The maximum atomic E-state index is 12.7. The highest BCUT2D eigenvalue weighted by atomic mass is 79.9. The molecular formula is C21H17BrClN5O2. The lowest BCUT2D eigenvalue weighted by Gasteiger charge is -2.07. The van der Waals surface area contributed by atoms with Crippen molar-refractivity contribution in [3.05, 3.63) is 86.3 Å². The Kier molecular flexibility index (Phi) is 5.96. The predicted octanol–water partition coefficient (Wildman–Crippen LogP) is 3.33. The molecule has 4 rings (SSSR count). The molecule has 0 bridgehead atoms. The van der Waals surface area contributed by atoms with Crippen LogP contribution in [0.15, 0.2) is 70.2 Å². The highest BCUT2D eigenvalue weighted by Crippen LogP contribution is 2.20. The lowest BCUT2D eigenvalue weighted by molar-refractivity contribution is -0.121. The van der Waals surface area contributed by atoms with E-state index in [-0.39, 0.29) is 18.0 Å². The molecule has 0 radical (unpaired) electrons. The Morgan fingerprint density at radius 3 is 2.57 bits per heavy atom. The van der Waals surface area contributed by atoms with Crippen molar-refractivity contribution in [2.75, 3.05) is 6.54 Å². The molecule has 0 aliphatic rings. The molecule has 1 amide bonds. The average Bonchev–Trinajstić information content (AvgIpc) is 3.17. The zero-order valence-corrected chi connectivity index (χ0v) is 18.1. The zero-order valence-electron chi connectivity index (χ0n) is 15.8. The minimum Gasteiger partial charge on any atom is -0.354 e. The molecule has 152 valence electrons. The summed E-state index contributed by atoms with van der Waals surface area (Å²) >= 11 is 9.27. The van der Waals surface area contributed by atoms with Crippen molar-refractivity contribution < 1.29 is 4.79 Å². The summed E-state index contributed by atoms with van der Waals surface area (Å²) in [7, 11) is 0. The van der Waals surface area contributed by atoms with E-state index in [0.29, 0.717) is 29.2 Å². The predicted molar refractivity (Wildman–Crippen MR) is 119 cm³/mol. The van der Waals surface area contributed by atoms with Gasteiger partial charge in [0.25, 0.3) is 5.56 Å². The number of nitrogens with one attached hydrogen (secondary N) is 1. The van der Waals surface area contributed by atoms with E-state index in [2.05, 4.69) is 31.4 Å². The van der Waals surface area contributed by atoms with E-state index in [1.54, 1.807) is 6.07 Å². The highest BCUT2D eigenvalue weighted by Gasteiger charge is 2.12. The number of halogens is 2. The molecule has 0 fully saturated rings. The van der Waals surface area contributed by atoms with E-state index in [1.165, 1.54) is 10.8 Å². The molecule has 0 aliphatic heterocycles. The van der Waals surface area contributed by atoms with Crippen molar-refractivity contribution in [1.29, 1.82) is 0 Å². The number of aromatic nitrogens is 4. The summed E-state index contributed by atoms with van der Waals surface area (Å²) in [6, 6.07) is 16.8. The molecule has 2 aromatic heterocycles. The maximum absolute atomic E-state index is 12.7. The monoisotopic (exact) mass is 485 g/mol. The smallest absolute Gasteiger partial charge is 0.293 e. The Morgan fingerprint density at radius 1 is 1.10 bits per heavy atom. The van der Waals surface area contributed by atoms with Gasteiger partial charge in [0, 0.05) is 21.6 Å². The van der Waals surface area contributed by atoms with Gasteiger partial charge in [-0.15, -0.1) is 0 Å². The molecule has 2 aromatic carbocycles. The third kappa shape index (κ3) is 4.60. The van der Waals surface area contributed by atoms with Crippen LogP contribution in [0, 0.1) is 0 Å². The summed E-state index contributed by atoms with van der Waals surface area (Å²) in [5.74, 6) is -0.282. The van der Waals surface area contributed by atoms with Crippen molar-refractivity contribution in [1.82, 2.24) is 24.7 Å². The van der Waals surface area contributed by atoms with Crippen LogP contribution in [0.3, 0.4) is 0 Å². The van der Waals surface area contributed by atoms with Gasteiger partial charge in [0.05, 0.1) is 5.69 Å². The number of amides is 1. The maximum Gasteiger partial charge on any atom is 0.293 e. The Bertz CT molecular complexity index is 1250. The summed E-state index contributed by atoms with van der Waals surface area (Å²) in [6.07, 6.45) is 2.10. The van der Waals surface area contributed by atoms with Gasteiger partial charge in [0.15, 0.2) is 0 Å². The fourth-order valence-electron chi connectivity index (χ4n) is 3.00. The van der Waals surface area contributed by atoms with Gasteiger partial charge in [0.1, 0.15) is 18.4 Å². The van der Waals surface area contributed by atoms with Crippen LogP contribution in [0.2, 0.25) is 5.02 Å². The molecule has 2 heterocycles. The second-order valence-electron chi connectivity index (χ2n) is 6.69. The zero-order chi connectivity index (χ0) is 21.1. The number of benzene rings is 2. The molecule has 0 atom stereocenters. The van der Waals surface area contributed by atoms with Crippen molar-refractivity contribution in [2.45, 2.75) is 13.0 Å². The molecule has 30 heavy (non-hydrogen) atoms. The number of rotatable bonds is 6. The van der Waals surface area contributed by atoms with E-state index in [9.17, 15) is 9.59 Å². The van der Waals surface area contributed by atoms with Crippen LogP contribution in [0.25, 0.3) is 16.8 Å². The molecule has 9 heteroatoms. The van der Waals surface area contributed by atoms with Crippen LogP contribution in [0.5, 0.6) is 0 Å². The molecule has 0 saturated carbocycles. The van der Waals surface area contributed by atoms with Crippen molar-refractivity contribution in [3.63, 3.8) is 0 Å². The first-order valence-corrected chi connectivity index (χ1v) is 10.4. The molecule has 0 saturated heterocycles. The number of carbonyl (C=O) groups excluding carboxylic acids is 1. The van der Waals surface area contributed by atoms with Gasteiger partial charge in [-0.05, 0) is 42.3 Å². The van der Waals surface area contributed by atoms with E-state index in [1.807, 2.05) is 48.5 Å². The van der Waals surface area contributed by atoms with Crippen LogP contribution >= 0.6 is 27.5 Å². The van der Waals surface area contributed by atoms with Crippen LogP contribution in [0.1, 0.15) is 5.56 Å². The molecule has 0 spiro atoms. The van der Waals surface area contributed by atoms with E-state index >= 15 is 0 Å². The number of carbonyl (C=O) groups is 1. The van der Waals surface area contributed by atoms with E-state index in [4.69, 9.17) is 11.6 Å². The normalized spacial score (nSPS) is 11.0. The van der Waals surface area contributed by atoms with Gasteiger partial charge >= 0.3 is 0 Å². The first-order valence-electron chi connectivity index (χ1n) is 9.22. The third-order valence-corrected chi connectivity index (χ3v) is 5.35. The lowest BCUT2D eigenvalue weighted by atomic mass is 10.1. The highest BCUT2D eigenvalue weighted by molar-refractivity contribution is 9.10. The summed E-state index contributed by atoms with van der Waals surface area (Å²) in [5, 5.41) is 11.9. The Balaban J connectivity index is 1.44. The fourth-order valence-corrected chi connectivity index (χ4v) is 3.39. The summed E-state index contributed by atoms with van der Waals surface area (Å²) < 4.78 is 3.52. The second kappa shape index (κ2) is 8.81. The molecule has 1 N–H and O–H groups in total. The van der Waals surface area contributed by atoms with Crippen molar-refractivity contribution in [2.24, 2.45) is 0 Å². The quantitative estimate of drug-likeness (QED) is 0.453. The molecule has 4 aromatic rings. The Morgan fingerprint density at radius 2 is 1.83 bits per heavy atom. The van der Waals surface area contributed by atoms with Gasteiger partial charge < -0.3 is 5.32 Å². The van der Waals surface area contributed by atoms with Gasteiger partial charge in [0.2, 0.25) is 5.91 Å². The average molecular weight is 487 g/mol.